The number of fused-ring (bicyclic) bond motifs is 1. The van der Waals surface area contributed by atoms with Crippen LogP contribution in [-0.2, 0) is 11.0 Å². The molecular formula is C20H21N3O2S. The summed E-state index contributed by atoms with van der Waals surface area (Å²) in [4.78, 5) is 16.9. The molecule has 0 saturated heterocycles. The minimum atomic E-state index is -1.12. The van der Waals surface area contributed by atoms with Crippen LogP contribution in [0.5, 0.6) is 0 Å². The number of aryl methyl sites for hydroxylation is 1. The predicted molar refractivity (Wildman–Crippen MR) is 106 cm³/mol. The summed E-state index contributed by atoms with van der Waals surface area (Å²) >= 11 is 0. The Morgan fingerprint density at radius 2 is 1.92 bits per heavy atom. The first kappa shape index (κ1) is 18.1. The van der Waals surface area contributed by atoms with Gasteiger partial charge >= 0.3 is 0 Å². The molecule has 0 spiro atoms. The standard InChI is InChI=1S/C20H21N3O2S/c1-13-10-15(8-9-18(13)23-26(3)25)14(2)22-20(24)17-11-16-6-4-5-7-19(16)21-12-17/h4-12,14,23H,1-3H3,(H,22,24)/t14-,26?/m1/s1. The van der Waals surface area contributed by atoms with Crippen molar-refractivity contribution in [2.75, 3.05) is 11.0 Å². The molecule has 3 rings (SSSR count). The Morgan fingerprint density at radius 1 is 1.15 bits per heavy atom. The number of benzene rings is 2. The number of pyridine rings is 1. The second-order valence-corrected chi connectivity index (χ2v) is 7.35. The first-order valence-corrected chi connectivity index (χ1v) is 9.86. The van der Waals surface area contributed by atoms with Gasteiger partial charge in [0, 0.05) is 23.5 Å². The summed E-state index contributed by atoms with van der Waals surface area (Å²) in [6.45, 7) is 3.88. The average Bonchev–Trinajstić information content (AvgIpc) is 2.62. The molecule has 0 bridgehead atoms. The minimum absolute atomic E-state index is 0.158. The van der Waals surface area contributed by atoms with Gasteiger partial charge in [-0.15, -0.1) is 0 Å². The van der Waals surface area contributed by atoms with Crippen molar-refractivity contribution in [2.45, 2.75) is 19.9 Å². The molecule has 1 unspecified atom stereocenters. The molecule has 6 heteroatoms. The molecule has 0 aliphatic carbocycles. The Balaban J connectivity index is 1.75. The fourth-order valence-corrected chi connectivity index (χ4v) is 3.32. The highest BCUT2D eigenvalue weighted by atomic mass is 32.2. The minimum Gasteiger partial charge on any atom is -0.345 e. The molecule has 2 aromatic carbocycles. The van der Waals surface area contributed by atoms with Crippen LogP contribution in [0.1, 0.15) is 34.5 Å². The summed E-state index contributed by atoms with van der Waals surface area (Å²) in [7, 11) is -1.12. The largest absolute Gasteiger partial charge is 0.345 e. The number of carbonyl (C=O) groups is 1. The van der Waals surface area contributed by atoms with Crippen molar-refractivity contribution in [1.82, 2.24) is 10.3 Å². The van der Waals surface area contributed by atoms with E-state index in [9.17, 15) is 9.00 Å². The van der Waals surface area contributed by atoms with Crippen LogP contribution in [0.15, 0.2) is 54.7 Å². The third-order valence-electron chi connectivity index (χ3n) is 4.20. The van der Waals surface area contributed by atoms with E-state index in [-0.39, 0.29) is 11.9 Å². The van der Waals surface area contributed by atoms with Crippen LogP contribution in [0.3, 0.4) is 0 Å². The molecule has 0 aliphatic rings. The van der Waals surface area contributed by atoms with E-state index in [1.165, 1.54) is 0 Å². The van der Waals surface area contributed by atoms with Gasteiger partial charge in [0.1, 0.15) is 11.0 Å². The van der Waals surface area contributed by atoms with Crippen molar-refractivity contribution >= 4 is 33.5 Å². The maximum Gasteiger partial charge on any atom is 0.253 e. The smallest absolute Gasteiger partial charge is 0.253 e. The summed E-state index contributed by atoms with van der Waals surface area (Å²) in [5.74, 6) is -0.162. The Morgan fingerprint density at radius 3 is 2.65 bits per heavy atom. The van der Waals surface area contributed by atoms with Crippen LogP contribution in [0.2, 0.25) is 0 Å². The van der Waals surface area contributed by atoms with Crippen LogP contribution in [0, 0.1) is 6.92 Å². The Labute approximate surface area is 155 Å². The lowest BCUT2D eigenvalue weighted by atomic mass is 10.0. The second-order valence-electron chi connectivity index (χ2n) is 6.24. The highest BCUT2D eigenvalue weighted by Crippen LogP contribution is 2.22. The third-order valence-corrected chi connectivity index (χ3v) is 4.71. The van der Waals surface area contributed by atoms with Crippen LogP contribution in [0.4, 0.5) is 5.69 Å². The van der Waals surface area contributed by atoms with Gasteiger partial charge in [-0.25, -0.2) is 4.21 Å². The first-order chi connectivity index (χ1) is 12.4. The van der Waals surface area contributed by atoms with E-state index in [0.717, 1.165) is 27.7 Å². The quantitative estimate of drug-likeness (QED) is 0.722. The molecule has 1 amide bonds. The Kier molecular flexibility index (Phi) is 5.32. The number of amides is 1. The summed E-state index contributed by atoms with van der Waals surface area (Å²) in [6.07, 6.45) is 3.19. The number of para-hydroxylation sites is 1. The highest BCUT2D eigenvalue weighted by molar-refractivity contribution is 7.85. The summed E-state index contributed by atoms with van der Waals surface area (Å²) < 4.78 is 14.2. The fraction of sp³-hybridized carbons (Fsp3) is 0.200. The van der Waals surface area contributed by atoms with E-state index < -0.39 is 11.0 Å². The lowest BCUT2D eigenvalue weighted by molar-refractivity contribution is 0.0939. The van der Waals surface area contributed by atoms with E-state index in [1.54, 1.807) is 12.5 Å². The molecule has 0 fully saturated rings. The van der Waals surface area contributed by atoms with Gasteiger partial charge in [-0.05, 0) is 43.2 Å². The zero-order valence-corrected chi connectivity index (χ0v) is 15.8. The van der Waals surface area contributed by atoms with Gasteiger partial charge in [-0.2, -0.15) is 0 Å². The molecule has 2 N–H and O–H groups in total. The van der Waals surface area contributed by atoms with Gasteiger partial charge in [0.15, 0.2) is 0 Å². The van der Waals surface area contributed by atoms with E-state index in [4.69, 9.17) is 0 Å². The van der Waals surface area contributed by atoms with Crippen LogP contribution >= 0.6 is 0 Å². The molecule has 2 atom stereocenters. The zero-order valence-electron chi connectivity index (χ0n) is 14.9. The molecule has 26 heavy (non-hydrogen) atoms. The topological polar surface area (TPSA) is 71.1 Å². The number of anilines is 1. The van der Waals surface area contributed by atoms with Gasteiger partial charge in [0.2, 0.25) is 0 Å². The number of carbonyl (C=O) groups excluding carboxylic acids is 1. The number of aromatic nitrogens is 1. The van der Waals surface area contributed by atoms with Gasteiger partial charge in [0.05, 0.1) is 17.1 Å². The third kappa shape index (κ3) is 4.08. The van der Waals surface area contributed by atoms with E-state index in [1.807, 2.05) is 62.4 Å². The maximum atomic E-state index is 12.6. The number of hydrogen-bond acceptors (Lipinski definition) is 3. The molecule has 134 valence electrons. The molecular weight excluding hydrogens is 346 g/mol. The molecule has 0 radical (unpaired) electrons. The molecule has 0 aliphatic heterocycles. The number of nitrogens with zero attached hydrogens (tertiary/aromatic N) is 1. The van der Waals surface area contributed by atoms with Crippen molar-refractivity contribution in [3.05, 3.63) is 71.4 Å². The number of nitrogens with one attached hydrogen (secondary N) is 2. The van der Waals surface area contributed by atoms with Crippen LogP contribution < -0.4 is 10.0 Å². The van der Waals surface area contributed by atoms with E-state index in [0.29, 0.717) is 5.56 Å². The summed E-state index contributed by atoms with van der Waals surface area (Å²) in [5, 5.41) is 3.94. The molecule has 5 nitrogen and oxygen atoms in total. The summed E-state index contributed by atoms with van der Waals surface area (Å²) in [5.41, 5.74) is 4.19. The van der Waals surface area contributed by atoms with Crippen molar-refractivity contribution in [1.29, 1.82) is 0 Å². The van der Waals surface area contributed by atoms with Crippen LogP contribution in [-0.4, -0.2) is 21.4 Å². The zero-order chi connectivity index (χ0) is 18.7. The Bertz CT molecular complexity index is 988. The van der Waals surface area contributed by atoms with Gasteiger partial charge in [-0.1, -0.05) is 30.3 Å². The van der Waals surface area contributed by atoms with Gasteiger partial charge < -0.3 is 10.0 Å². The first-order valence-electron chi connectivity index (χ1n) is 8.30. The Hall–Kier alpha value is -2.73. The van der Waals surface area contributed by atoms with E-state index >= 15 is 0 Å². The predicted octanol–water partition coefficient (Wildman–Crippen LogP) is 3.74. The molecule has 0 saturated carbocycles. The summed E-state index contributed by atoms with van der Waals surface area (Å²) in [6, 6.07) is 15.2. The number of rotatable bonds is 5. The van der Waals surface area contributed by atoms with Crippen molar-refractivity contribution in [3.8, 4) is 0 Å². The normalized spacial score (nSPS) is 13.2. The van der Waals surface area contributed by atoms with Gasteiger partial charge in [-0.3, -0.25) is 9.78 Å². The van der Waals surface area contributed by atoms with Crippen LogP contribution in [0.25, 0.3) is 10.9 Å². The van der Waals surface area contributed by atoms with Crippen molar-refractivity contribution in [2.24, 2.45) is 0 Å². The highest BCUT2D eigenvalue weighted by Gasteiger charge is 2.13. The maximum absolute atomic E-state index is 12.6. The lowest BCUT2D eigenvalue weighted by Crippen LogP contribution is -2.26. The number of hydrogen-bond donors (Lipinski definition) is 2. The second kappa shape index (κ2) is 7.66. The van der Waals surface area contributed by atoms with Crippen molar-refractivity contribution in [3.63, 3.8) is 0 Å². The molecule has 1 heterocycles. The molecule has 1 aromatic heterocycles. The molecule has 3 aromatic rings. The average molecular weight is 367 g/mol. The van der Waals surface area contributed by atoms with Crippen molar-refractivity contribution < 1.29 is 9.00 Å². The fourth-order valence-electron chi connectivity index (χ4n) is 2.78. The SMILES string of the molecule is Cc1cc([C@@H](C)NC(=O)c2cnc3ccccc3c2)ccc1NS(C)=O. The lowest BCUT2D eigenvalue weighted by Gasteiger charge is -2.16. The van der Waals surface area contributed by atoms with E-state index in [2.05, 4.69) is 15.0 Å². The van der Waals surface area contributed by atoms with Gasteiger partial charge in [0.25, 0.3) is 5.91 Å². The monoisotopic (exact) mass is 367 g/mol.